The fourth-order valence-electron chi connectivity index (χ4n) is 7.74. The molecular formula is C31H40O9. The molecule has 3 fully saturated rings. The van der Waals surface area contributed by atoms with Crippen LogP contribution in [0.15, 0.2) is 36.0 Å². The average molecular weight is 557 g/mol. The predicted molar refractivity (Wildman–Crippen MR) is 143 cm³/mol. The van der Waals surface area contributed by atoms with Gasteiger partial charge in [0.25, 0.3) is 0 Å². The van der Waals surface area contributed by atoms with Crippen LogP contribution in [0.3, 0.4) is 0 Å². The van der Waals surface area contributed by atoms with Crippen molar-refractivity contribution in [2.45, 2.75) is 91.5 Å². The second-order valence-corrected chi connectivity index (χ2v) is 12.0. The molecule has 4 aliphatic carbocycles. The van der Waals surface area contributed by atoms with Crippen molar-refractivity contribution in [3.8, 4) is 0 Å². The highest BCUT2D eigenvalue weighted by atomic mass is 16.6. The van der Waals surface area contributed by atoms with Crippen LogP contribution in [0.25, 0.3) is 0 Å². The van der Waals surface area contributed by atoms with Crippen molar-refractivity contribution in [3.63, 3.8) is 0 Å². The summed E-state index contributed by atoms with van der Waals surface area (Å²) in [6.45, 7) is 7.74. The molecule has 6 unspecified atom stereocenters. The van der Waals surface area contributed by atoms with E-state index in [1.807, 2.05) is 6.08 Å². The average Bonchev–Trinajstić information content (AvgIpc) is 3.20. The number of ether oxygens (including phenoxy) is 4. The molecular weight excluding hydrogens is 516 g/mol. The Balaban J connectivity index is 1.44. The summed E-state index contributed by atoms with van der Waals surface area (Å²) in [6.07, 6.45) is 11.3. The third-order valence-electron chi connectivity index (χ3n) is 9.59. The second kappa shape index (κ2) is 11.7. The van der Waals surface area contributed by atoms with E-state index < -0.39 is 36.1 Å². The molecule has 0 heterocycles. The van der Waals surface area contributed by atoms with E-state index in [9.17, 15) is 24.0 Å². The van der Waals surface area contributed by atoms with Gasteiger partial charge in [-0.1, -0.05) is 25.5 Å². The number of allylic oxidation sites excluding steroid dienone is 4. The summed E-state index contributed by atoms with van der Waals surface area (Å²) in [5.41, 5.74) is 1.01. The highest BCUT2D eigenvalue weighted by molar-refractivity contribution is 6.01. The van der Waals surface area contributed by atoms with E-state index in [0.29, 0.717) is 17.8 Å². The summed E-state index contributed by atoms with van der Waals surface area (Å²) in [4.78, 5) is 59.6. The van der Waals surface area contributed by atoms with E-state index in [1.54, 1.807) is 6.08 Å². The van der Waals surface area contributed by atoms with Crippen molar-refractivity contribution >= 4 is 29.7 Å². The van der Waals surface area contributed by atoms with Gasteiger partial charge in [0.1, 0.15) is 12.7 Å². The number of esters is 4. The maximum Gasteiger partial charge on any atom is 0.330 e. The van der Waals surface area contributed by atoms with E-state index in [1.165, 1.54) is 38.5 Å². The lowest BCUT2D eigenvalue weighted by molar-refractivity contribution is -0.169. The van der Waals surface area contributed by atoms with Gasteiger partial charge in [0.15, 0.2) is 18.0 Å². The first-order valence-electron chi connectivity index (χ1n) is 14.1. The minimum atomic E-state index is -1.14. The second-order valence-electron chi connectivity index (χ2n) is 12.0. The number of fused-ring (bicyclic) bond motifs is 5. The number of hydrogen-bond acceptors (Lipinski definition) is 9. The van der Waals surface area contributed by atoms with Crippen LogP contribution >= 0.6 is 0 Å². The fourth-order valence-corrected chi connectivity index (χ4v) is 7.74. The SMILES string of the molecule is CC(=O)OC[C@H](OC(C)=O)[C@H](/C=C/C(=O)OC1CCC2C3CCC4=CC(=O)C=CC4(C)C3CCC12C)OC(C)=O. The molecule has 0 amide bonds. The van der Waals surface area contributed by atoms with Gasteiger partial charge in [-0.2, -0.15) is 0 Å². The third-order valence-corrected chi connectivity index (χ3v) is 9.59. The number of carbonyl (C=O) groups is 5. The maximum atomic E-state index is 13.0. The van der Waals surface area contributed by atoms with Crippen molar-refractivity contribution in [3.05, 3.63) is 36.0 Å². The molecule has 0 aromatic rings. The molecule has 0 aromatic carbocycles. The Morgan fingerprint density at radius 3 is 2.38 bits per heavy atom. The van der Waals surface area contributed by atoms with Crippen LogP contribution in [0.4, 0.5) is 0 Å². The van der Waals surface area contributed by atoms with Gasteiger partial charge in [-0.25, -0.2) is 4.79 Å². The van der Waals surface area contributed by atoms with E-state index in [-0.39, 0.29) is 29.3 Å². The van der Waals surface area contributed by atoms with E-state index in [0.717, 1.165) is 38.5 Å². The third kappa shape index (κ3) is 6.08. The van der Waals surface area contributed by atoms with Crippen LogP contribution < -0.4 is 0 Å². The van der Waals surface area contributed by atoms with Crippen LogP contribution in [-0.4, -0.2) is 54.6 Å². The molecule has 0 N–H and O–H groups in total. The van der Waals surface area contributed by atoms with Crippen molar-refractivity contribution < 1.29 is 42.9 Å². The Kier molecular flexibility index (Phi) is 8.71. The Bertz CT molecular complexity index is 1150. The van der Waals surface area contributed by atoms with Crippen LogP contribution in [0.2, 0.25) is 0 Å². The van der Waals surface area contributed by atoms with Gasteiger partial charge in [-0.3, -0.25) is 19.2 Å². The first-order valence-corrected chi connectivity index (χ1v) is 14.1. The molecule has 3 saturated carbocycles. The van der Waals surface area contributed by atoms with Gasteiger partial charge < -0.3 is 18.9 Å². The lowest BCUT2D eigenvalue weighted by Crippen LogP contribution is -2.50. The number of rotatable bonds is 8. The molecule has 0 aromatic heterocycles. The smallest absolute Gasteiger partial charge is 0.330 e. The molecule has 0 saturated heterocycles. The summed E-state index contributed by atoms with van der Waals surface area (Å²) >= 11 is 0. The molecule has 0 radical (unpaired) electrons. The largest absolute Gasteiger partial charge is 0.462 e. The van der Waals surface area contributed by atoms with Crippen molar-refractivity contribution in [2.24, 2.45) is 28.6 Å². The van der Waals surface area contributed by atoms with Gasteiger partial charge in [-0.05, 0) is 74.5 Å². The minimum Gasteiger partial charge on any atom is -0.462 e. The lowest BCUT2D eigenvalue weighted by Gasteiger charge is -2.56. The summed E-state index contributed by atoms with van der Waals surface area (Å²) in [6, 6.07) is 0. The molecule has 40 heavy (non-hydrogen) atoms. The Morgan fingerprint density at radius 1 is 0.975 bits per heavy atom. The molecule has 9 nitrogen and oxygen atoms in total. The highest BCUT2D eigenvalue weighted by Gasteiger charge is 2.59. The van der Waals surface area contributed by atoms with Crippen molar-refractivity contribution in [1.29, 1.82) is 0 Å². The molecule has 8 atom stereocenters. The van der Waals surface area contributed by atoms with Gasteiger partial charge in [0, 0.05) is 37.7 Å². The fraction of sp³-hybridized carbons (Fsp3) is 0.645. The molecule has 4 aliphatic rings. The zero-order valence-corrected chi connectivity index (χ0v) is 24.0. The molecule has 0 bridgehead atoms. The monoisotopic (exact) mass is 556 g/mol. The van der Waals surface area contributed by atoms with Crippen LogP contribution in [-0.2, 0) is 42.9 Å². The zero-order chi connectivity index (χ0) is 29.2. The van der Waals surface area contributed by atoms with Crippen molar-refractivity contribution in [2.75, 3.05) is 6.61 Å². The van der Waals surface area contributed by atoms with E-state index >= 15 is 0 Å². The Hall–Kier alpha value is -3.23. The summed E-state index contributed by atoms with van der Waals surface area (Å²) in [7, 11) is 0. The highest BCUT2D eigenvalue weighted by Crippen LogP contribution is 2.64. The predicted octanol–water partition coefficient (Wildman–Crippen LogP) is 4.19. The van der Waals surface area contributed by atoms with Gasteiger partial charge in [0.2, 0.25) is 0 Å². The van der Waals surface area contributed by atoms with E-state index in [2.05, 4.69) is 19.9 Å². The number of carbonyl (C=O) groups excluding carboxylic acids is 5. The topological polar surface area (TPSA) is 122 Å². The normalized spacial score (nSPS) is 34.0. The standard InChI is InChI=1S/C31H40O9/c1-18(32)37-17-27(39-20(3)34)26(38-19(2)33)9-11-29(36)40-28-10-8-24-23-7-6-21-16-22(35)12-14-30(21,4)25(23)13-15-31(24,28)5/h9,11-12,14,16,23-28H,6-8,10,13,15,17H2,1-5H3/b11-9+/t23?,24?,25?,26-,27-,28?,30?,31?/m0/s1. The minimum absolute atomic E-state index is 0.0777. The Labute approximate surface area is 235 Å². The first kappa shape index (κ1) is 29.7. The molecule has 4 rings (SSSR count). The molecule has 0 spiro atoms. The summed E-state index contributed by atoms with van der Waals surface area (Å²) < 4.78 is 21.4. The first-order chi connectivity index (χ1) is 18.8. The van der Waals surface area contributed by atoms with Gasteiger partial charge >= 0.3 is 23.9 Å². The quantitative estimate of drug-likeness (QED) is 0.246. The maximum absolute atomic E-state index is 13.0. The molecule has 218 valence electrons. The van der Waals surface area contributed by atoms with Gasteiger partial charge in [0.05, 0.1) is 0 Å². The van der Waals surface area contributed by atoms with Crippen molar-refractivity contribution in [1.82, 2.24) is 0 Å². The van der Waals surface area contributed by atoms with Crippen LogP contribution in [0, 0.1) is 28.6 Å². The zero-order valence-electron chi connectivity index (χ0n) is 24.0. The van der Waals surface area contributed by atoms with Crippen LogP contribution in [0.1, 0.15) is 73.1 Å². The number of hydrogen-bond donors (Lipinski definition) is 0. The molecule has 0 aliphatic heterocycles. The summed E-state index contributed by atoms with van der Waals surface area (Å²) in [5.74, 6) is -1.01. The lowest BCUT2D eigenvalue weighted by atomic mass is 9.48. The van der Waals surface area contributed by atoms with Crippen LogP contribution in [0.5, 0.6) is 0 Å². The number of ketones is 1. The van der Waals surface area contributed by atoms with E-state index in [4.69, 9.17) is 18.9 Å². The Morgan fingerprint density at radius 2 is 1.70 bits per heavy atom. The van der Waals surface area contributed by atoms with Gasteiger partial charge in [-0.15, -0.1) is 0 Å². The molecule has 9 heteroatoms. The summed E-state index contributed by atoms with van der Waals surface area (Å²) in [5, 5.41) is 0.